The number of hydrogen-bond acceptors (Lipinski definition) is 3. The SMILES string of the molecule is CCCCCCOCCC1CCCC1(NCC)C(=O)O. The smallest absolute Gasteiger partial charge is 0.324 e. The third-order valence-electron chi connectivity index (χ3n) is 4.45. The molecule has 2 atom stereocenters. The van der Waals surface area contributed by atoms with Crippen molar-refractivity contribution in [3.8, 4) is 0 Å². The van der Waals surface area contributed by atoms with E-state index in [0.717, 1.165) is 38.7 Å². The Labute approximate surface area is 123 Å². The minimum absolute atomic E-state index is 0.204. The summed E-state index contributed by atoms with van der Waals surface area (Å²) in [6, 6.07) is 0. The van der Waals surface area contributed by atoms with E-state index < -0.39 is 11.5 Å². The molecule has 1 rings (SSSR count). The molecule has 0 spiro atoms. The Hall–Kier alpha value is -0.610. The van der Waals surface area contributed by atoms with Crippen molar-refractivity contribution in [2.24, 2.45) is 5.92 Å². The number of unbranched alkanes of at least 4 members (excludes halogenated alkanes) is 3. The van der Waals surface area contributed by atoms with E-state index in [2.05, 4.69) is 12.2 Å². The average molecular weight is 285 g/mol. The lowest BCUT2D eigenvalue weighted by Gasteiger charge is -2.32. The van der Waals surface area contributed by atoms with E-state index in [1.165, 1.54) is 19.3 Å². The van der Waals surface area contributed by atoms with Crippen LogP contribution in [0.2, 0.25) is 0 Å². The highest BCUT2D eigenvalue weighted by Crippen LogP contribution is 2.38. The maximum Gasteiger partial charge on any atom is 0.324 e. The van der Waals surface area contributed by atoms with Crippen molar-refractivity contribution in [1.82, 2.24) is 5.32 Å². The second-order valence-corrected chi connectivity index (χ2v) is 5.86. The molecule has 1 fully saturated rings. The van der Waals surface area contributed by atoms with E-state index in [1.807, 2.05) is 6.92 Å². The molecule has 1 saturated carbocycles. The van der Waals surface area contributed by atoms with Crippen LogP contribution in [0, 0.1) is 5.92 Å². The highest BCUT2D eigenvalue weighted by Gasteiger charge is 2.48. The van der Waals surface area contributed by atoms with Gasteiger partial charge in [-0.05, 0) is 38.1 Å². The Morgan fingerprint density at radius 2 is 2.10 bits per heavy atom. The number of carbonyl (C=O) groups is 1. The van der Waals surface area contributed by atoms with E-state index >= 15 is 0 Å². The molecule has 0 aromatic carbocycles. The molecule has 2 unspecified atom stereocenters. The van der Waals surface area contributed by atoms with Crippen molar-refractivity contribution >= 4 is 5.97 Å². The van der Waals surface area contributed by atoms with Crippen molar-refractivity contribution in [2.45, 2.75) is 70.8 Å². The fourth-order valence-electron chi connectivity index (χ4n) is 3.33. The molecule has 0 aromatic rings. The maximum atomic E-state index is 11.6. The van der Waals surface area contributed by atoms with Gasteiger partial charge >= 0.3 is 5.97 Å². The number of carboxylic acids is 1. The van der Waals surface area contributed by atoms with Gasteiger partial charge in [0.2, 0.25) is 0 Å². The lowest BCUT2D eigenvalue weighted by Crippen LogP contribution is -2.54. The normalized spacial score (nSPS) is 26.0. The number of rotatable bonds is 11. The van der Waals surface area contributed by atoms with Crippen LogP contribution in [-0.2, 0) is 9.53 Å². The number of likely N-dealkylation sites (N-methyl/N-ethyl adjacent to an activating group) is 1. The largest absolute Gasteiger partial charge is 0.480 e. The Balaban J connectivity index is 2.29. The molecule has 0 amide bonds. The van der Waals surface area contributed by atoms with Crippen molar-refractivity contribution in [3.63, 3.8) is 0 Å². The molecular weight excluding hydrogens is 254 g/mol. The summed E-state index contributed by atoms with van der Waals surface area (Å²) in [6.07, 6.45) is 8.47. The molecule has 0 heterocycles. The zero-order chi connectivity index (χ0) is 14.8. The van der Waals surface area contributed by atoms with Gasteiger partial charge in [0.25, 0.3) is 0 Å². The van der Waals surface area contributed by atoms with Crippen LogP contribution in [0.1, 0.15) is 65.2 Å². The zero-order valence-corrected chi connectivity index (χ0v) is 13.1. The van der Waals surface area contributed by atoms with Gasteiger partial charge in [0.05, 0.1) is 0 Å². The highest BCUT2D eigenvalue weighted by molar-refractivity contribution is 5.79. The fourth-order valence-corrected chi connectivity index (χ4v) is 3.33. The van der Waals surface area contributed by atoms with Crippen LogP contribution in [-0.4, -0.2) is 36.4 Å². The zero-order valence-electron chi connectivity index (χ0n) is 13.1. The molecule has 0 aromatic heterocycles. The summed E-state index contributed by atoms with van der Waals surface area (Å²) in [5.41, 5.74) is -0.708. The molecule has 0 saturated heterocycles. The van der Waals surface area contributed by atoms with E-state index in [1.54, 1.807) is 0 Å². The van der Waals surface area contributed by atoms with E-state index in [-0.39, 0.29) is 5.92 Å². The van der Waals surface area contributed by atoms with E-state index in [4.69, 9.17) is 4.74 Å². The van der Waals surface area contributed by atoms with Gasteiger partial charge in [-0.3, -0.25) is 4.79 Å². The Bertz CT molecular complexity index is 283. The van der Waals surface area contributed by atoms with Crippen LogP contribution < -0.4 is 5.32 Å². The predicted molar refractivity (Wildman–Crippen MR) is 81.0 cm³/mol. The van der Waals surface area contributed by atoms with Crippen LogP contribution in [0.3, 0.4) is 0 Å². The van der Waals surface area contributed by atoms with Gasteiger partial charge in [-0.15, -0.1) is 0 Å². The number of aliphatic carboxylic acids is 1. The Morgan fingerprint density at radius 1 is 1.30 bits per heavy atom. The molecule has 4 nitrogen and oxygen atoms in total. The molecule has 118 valence electrons. The summed E-state index contributed by atoms with van der Waals surface area (Å²) in [5.74, 6) is -0.486. The van der Waals surface area contributed by atoms with Gasteiger partial charge in [0, 0.05) is 13.2 Å². The van der Waals surface area contributed by atoms with Crippen LogP contribution in [0.5, 0.6) is 0 Å². The summed E-state index contributed by atoms with van der Waals surface area (Å²) in [7, 11) is 0. The number of nitrogens with one attached hydrogen (secondary N) is 1. The summed E-state index contributed by atoms with van der Waals surface area (Å²) < 4.78 is 5.67. The van der Waals surface area contributed by atoms with Gasteiger partial charge in [-0.2, -0.15) is 0 Å². The predicted octanol–water partition coefficient (Wildman–Crippen LogP) is 3.21. The van der Waals surface area contributed by atoms with Gasteiger partial charge in [-0.1, -0.05) is 39.5 Å². The third kappa shape index (κ3) is 4.74. The van der Waals surface area contributed by atoms with Gasteiger partial charge in [0.15, 0.2) is 0 Å². The summed E-state index contributed by atoms with van der Waals surface area (Å²) in [6.45, 7) is 6.39. The second kappa shape index (κ2) is 9.35. The topological polar surface area (TPSA) is 58.6 Å². The van der Waals surface area contributed by atoms with Crippen LogP contribution in [0.25, 0.3) is 0 Å². The summed E-state index contributed by atoms with van der Waals surface area (Å²) >= 11 is 0. The lowest BCUT2D eigenvalue weighted by molar-refractivity contribution is -0.146. The molecule has 20 heavy (non-hydrogen) atoms. The summed E-state index contributed by atoms with van der Waals surface area (Å²) in [4.78, 5) is 11.6. The third-order valence-corrected chi connectivity index (χ3v) is 4.45. The highest BCUT2D eigenvalue weighted by atomic mass is 16.5. The van der Waals surface area contributed by atoms with Crippen molar-refractivity contribution < 1.29 is 14.6 Å². The molecular formula is C16H31NO3. The number of hydrogen-bond donors (Lipinski definition) is 2. The standard InChI is InChI=1S/C16H31NO3/c1-3-5-6-7-12-20-13-10-14-9-8-11-16(14,15(18)19)17-4-2/h14,17H,3-13H2,1-2H3,(H,18,19). The first-order chi connectivity index (χ1) is 9.67. The Morgan fingerprint density at radius 3 is 2.75 bits per heavy atom. The molecule has 2 N–H and O–H groups in total. The fraction of sp³-hybridized carbons (Fsp3) is 0.938. The molecule has 0 bridgehead atoms. The first kappa shape index (κ1) is 17.4. The maximum absolute atomic E-state index is 11.6. The van der Waals surface area contributed by atoms with Crippen molar-refractivity contribution in [2.75, 3.05) is 19.8 Å². The van der Waals surface area contributed by atoms with Crippen molar-refractivity contribution in [3.05, 3.63) is 0 Å². The van der Waals surface area contributed by atoms with Crippen LogP contribution in [0.15, 0.2) is 0 Å². The molecule has 0 radical (unpaired) electrons. The molecule has 0 aliphatic heterocycles. The summed E-state index contributed by atoms with van der Waals surface area (Å²) in [5, 5.41) is 12.8. The van der Waals surface area contributed by atoms with E-state index in [0.29, 0.717) is 13.2 Å². The second-order valence-electron chi connectivity index (χ2n) is 5.86. The van der Waals surface area contributed by atoms with Gasteiger partial charge < -0.3 is 15.2 Å². The molecule has 1 aliphatic carbocycles. The Kier molecular flexibility index (Phi) is 8.15. The van der Waals surface area contributed by atoms with E-state index in [9.17, 15) is 9.90 Å². The monoisotopic (exact) mass is 285 g/mol. The van der Waals surface area contributed by atoms with Crippen LogP contribution >= 0.6 is 0 Å². The number of carboxylic acid groups (broad SMARTS) is 1. The van der Waals surface area contributed by atoms with Crippen molar-refractivity contribution in [1.29, 1.82) is 0 Å². The first-order valence-electron chi connectivity index (χ1n) is 8.23. The molecule has 4 heteroatoms. The van der Waals surface area contributed by atoms with Gasteiger partial charge in [-0.25, -0.2) is 0 Å². The average Bonchev–Trinajstić information content (AvgIpc) is 2.82. The first-order valence-corrected chi connectivity index (χ1v) is 8.23. The lowest BCUT2D eigenvalue weighted by atomic mass is 9.84. The molecule has 1 aliphatic rings. The minimum atomic E-state index is -0.708. The minimum Gasteiger partial charge on any atom is -0.480 e. The quantitative estimate of drug-likeness (QED) is 0.572. The van der Waals surface area contributed by atoms with Gasteiger partial charge in [0.1, 0.15) is 5.54 Å². The van der Waals surface area contributed by atoms with Crippen LogP contribution in [0.4, 0.5) is 0 Å². The number of ether oxygens (including phenoxy) is 1.